The summed E-state index contributed by atoms with van der Waals surface area (Å²) in [5.41, 5.74) is 14.4. The second-order valence-electron chi connectivity index (χ2n) is 13.0. The van der Waals surface area contributed by atoms with E-state index in [1.807, 2.05) is 0 Å². The third-order valence-corrected chi connectivity index (χ3v) is 10.8. The maximum Gasteiger partial charge on any atom is 0.145 e. The van der Waals surface area contributed by atoms with Gasteiger partial charge in [-0.3, -0.25) is 4.57 Å². The van der Waals surface area contributed by atoms with Crippen LogP contribution in [0.4, 0.5) is 0 Å². The Morgan fingerprint density at radius 2 is 1.08 bits per heavy atom. The van der Waals surface area contributed by atoms with Crippen molar-refractivity contribution in [2.75, 3.05) is 0 Å². The molecule has 2 heteroatoms. The summed E-state index contributed by atoms with van der Waals surface area (Å²) in [6, 6.07) is 62.4. The largest absolute Gasteiger partial charge is 0.292 e. The number of benzene rings is 8. The van der Waals surface area contributed by atoms with Crippen LogP contribution in [0.25, 0.3) is 71.9 Å². The summed E-state index contributed by atoms with van der Waals surface area (Å²) in [5, 5.41) is 5.11. The van der Waals surface area contributed by atoms with Gasteiger partial charge >= 0.3 is 0 Å². The molecular formula is C46H28N2. The van der Waals surface area contributed by atoms with Gasteiger partial charge in [0.25, 0.3) is 0 Å². The minimum atomic E-state index is -0.505. The van der Waals surface area contributed by atoms with Crippen LogP contribution in [0.1, 0.15) is 22.3 Å². The average Bonchev–Trinajstić information content (AvgIpc) is 3.69. The maximum absolute atomic E-state index is 5.31. The summed E-state index contributed by atoms with van der Waals surface area (Å²) in [6.45, 7) is 0. The van der Waals surface area contributed by atoms with Gasteiger partial charge in [-0.15, -0.1) is 0 Å². The normalized spacial score (nSPS) is 15.6. The molecule has 48 heavy (non-hydrogen) atoms. The van der Waals surface area contributed by atoms with Crippen LogP contribution in [0.15, 0.2) is 170 Å². The molecule has 0 bridgehead atoms. The van der Waals surface area contributed by atoms with Crippen molar-refractivity contribution >= 4 is 32.6 Å². The molecule has 1 unspecified atom stereocenters. The molecule has 11 rings (SSSR count). The predicted octanol–water partition coefficient (Wildman–Crippen LogP) is 11.3. The van der Waals surface area contributed by atoms with Gasteiger partial charge in [0.2, 0.25) is 0 Å². The van der Waals surface area contributed by atoms with Gasteiger partial charge in [0.15, 0.2) is 0 Å². The summed E-state index contributed by atoms with van der Waals surface area (Å²) in [7, 11) is 0. The SMILES string of the molecule is c1ccc(-c2nc3cccc4c3n2-c2ccccc2C42c3ccccc3-c3c(-c4cc5ccccc5c5ccccc45)cccc32)cc1. The molecule has 2 aliphatic rings. The number of fused-ring (bicyclic) bond motifs is 12. The fourth-order valence-corrected chi connectivity index (χ4v) is 8.99. The van der Waals surface area contributed by atoms with E-state index in [9.17, 15) is 0 Å². The predicted molar refractivity (Wildman–Crippen MR) is 198 cm³/mol. The van der Waals surface area contributed by atoms with E-state index < -0.39 is 5.41 Å². The zero-order chi connectivity index (χ0) is 31.4. The topological polar surface area (TPSA) is 17.8 Å². The minimum absolute atomic E-state index is 0.505. The summed E-state index contributed by atoms with van der Waals surface area (Å²) in [4.78, 5) is 5.31. The highest BCUT2D eigenvalue weighted by molar-refractivity contribution is 6.15. The molecule has 1 aromatic heterocycles. The molecule has 1 aliphatic carbocycles. The van der Waals surface area contributed by atoms with E-state index in [1.54, 1.807) is 0 Å². The molecule has 0 fully saturated rings. The van der Waals surface area contributed by atoms with Gasteiger partial charge in [0.05, 0.1) is 22.1 Å². The van der Waals surface area contributed by atoms with Gasteiger partial charge in [0.1, 0.15) is 5.82 Å². The Morgan fingerprint density at radius 3 is 1.98 bits per heavy atom. The lowest BCUT2D eigenvalue weighted by molar-refractivity contribution is 0.746. The Morgan fingerprint density at radius 1 is 0.438 bits per heavy atom. The molecule has 1 atom stereocenters. The van der Waals surface area contributed by atoms with Crippen molar-refractivity contribution in [2.24, 2.45) is 0 Å². The molecule has 0 saturated carbocycles. The third kappa shape index (κ3) is 3.15. The highest BCUT2D eigenvalue weighted by atomic mass is 15.1. The lowest BCUT2D eigenvalue weighted by Gasteiger charge is -2.39. The molecule has 0 radical (unpaired) electrons. The van der Waals surface area contributed by atoms with Gasteiger partial charge in [-0.1, -0.05) is 152 Å². The molecule has 1 aliphatic heterocycles. The van der Waals surface area contributed by atoms with E-state index in [0.29, 0.717) is 0 Å². The van der Waals surface area contributed by atoms with Crippen molar-refractivity contribution in [3.8, 4) is 39.3 Å². The monoisotopic (exact) mass is 608 g/mol. The van der Waals surface area contributed by atoms with Crippen LogP contribution < -0.4 is 0 Å². The number of imidazole rings is 1. The zero-order valence-corrected chi connectivity index (χ0v) is 26.1. The molecule has 8 aromatic carbocycles. The number of rotatable bonds is 2. The Hall–Kier alpha value is -6.25. The molecule has 9 aromatic rings. The Bertz CT molecular complexity index is 2790. The number of hydrogen-bond donors (Lipinski definition) is 0. The number of hydrogen-bond acceptors (Lipinski definition) is 1. The Balaban J connectivity index is 1.30. The lowest BCUT2D eigenvalue weighted by atomic mass is 9.65. The molecule has 0 amide bonds. The van der Waals surface area contributed by atoms with Gasteiger partial charge in [-0.2, -0.15) is 0 Å². The maximum atomic E-state index is 5.31. The van der Waals surface area contributed by atoms with Crippen LogP contribution in [0.2, 0.25) is 0 Å². The first-order valence-electron chi connectivity index (χ1n) is 16.7. The van der Waals surface area contributed by atoms with E-state index in [2.05, 4.69) is 174 Å². The summed E-state index contributed by atoms with van der Waals surface area (Å²) in [6.07, 6.45) is 0. The Labute approximate surface area is 278 Å². The summed E-state index contributed by atoms with van der Waals surface area (Å²) in [5.74, 6) is 0.975. The van der Waals surface area contributed by atoms with Gasteiger partial charge < -0.3 is 0 Å². The standard InChI is InChI=1S/C46H28N2/c1-2-14-29(15-3-1)45-47-41-26-13-25-40-44(41)48(45)42-27-11-10-23-38(42)46(40)37-22-9-8-20-35(37)43-34(21-12-24-39(43)46)36-28-30-16-4-5-17-31(30)32-18-6-7-19-33(32)36/h1-28H. The van der Waals surface area contributed by atoms with Gasteiger partial charge in [-0.05, 0) is 84.3 Å². The van der Waals surface area contributed by atoms with Crippen LogP contribution in [0, 0.1) is 0 Å². The van der Waals surface area contributed by atoms with E-state index >= 15 is 0 Å². The number of para-hydroxylation sites is 2. The molecule has 2 nitrogen and oxygen atoms in total. The van der Waals surface area contributed by atoms with Gasteiger partial charge in [-0.25, -0.2) is 4.98 Å². The molecular weight excluding hydrogens is 581 g/mol. The highest BCUT2D eigenvalue weighted by Crippen LogP contribution is 2.62. The summed E-state index contributed by atoms with van der Waals surface area (Å²) >= 11 is 0. The quantitative estimate of drug-likeness (QED) is 0.179. The van der Waals surface area contributed by atoms with Crippen LogP contribution >= 0.6 is 0 Å². The smallest absolute Gasteiger partial charge is 0.145 e. The first kappa shape index (κ1) is 25.9. The lowest BCUT2D eigenvalue weighted by Crippen LogP contribution is -2.33. The van der Waals surface area contributed by atoms with Crippen LogP contribution in [0.5, 0.6) is 0 Å². The van der Waals surface area contributed by atoms with Crippen molar-refractivity contribution in [2.45, 2.75) is 5.41 Å². The van der Waals surface area contributed by atoms with Crippen LogP contribution in [-0.4, -0.2) is 9.55 Å². The third-order valence-electron chi connectivity index (χ3n) is 10.8. The first-order valence-corrected chi connectivity index (χ1v) is 16.7. The number of nitrogens with zero attached hydrogens (tertiary/aromatic N) is 2. The fraction of sp³-hybridized carbons (Fsp3) is 0.0217. The van der Waals surface area contributed by atoms with Crippen molar-refractivity contribution in [1.82, 2.24) is 9.55 Å². The van der Waals surface area contributed by atoms with Crippen molar-refractivity contribution < 1.29 is 0 Å². The van der Waals surface area contributed by atoms with E-state index in [4.69, 9.17) is 4.98 Å². The van der Waals surface area contributed by atoms with Crippen LogP contribution in [-0.2, 0) is 5.41 Å². The molecule has 0 saturated heterocycles. The first-order chi connectivity index (χ1) is 23.8. The molecule has 2 heterocycles. The molecule has 0 N–H and O–H groups in total. The molecule has 1 spiro atoms. The van der Waals surface area contributed by atoms with Gasteiger partial charge in [0, 0.05) is 5.56 Å². The van der Waals surface area contributed by atoms with Crippen molar-refractivity contribution in [1.29, 1.82) is 0 Å². The highest BCUT2D eigenvalue weighted by Gasteiger charge is 2.51. The van der Waals surface area contributed by atoms with Crippen molar-refractivity contribution in [3.05, 3.63) is 192 Å². The zero-order valence-electron chi connectivity index (χ0n) is 26.1. The fourth-order valence-electron chi connectivity index (χ4n) is 8.99. The second-order valence-corrected chi connectivity index (χ2v) is 13.0. The Kier molecular flexibility index (Phi) is 5.07. The van der Waals surface area contributed by atoms with Crippen LogP contribution in [0.3, 0.4) is 0 Å². The van der Waals surface area contributed by atoms with E-state index in [1.165, 1.54) is 77.3 Å². The molecule has 222 valence electrons. The minimum Gasteiger partial charge on any atom is -0.292 e. The van der Waals surface area contributed by atoms with E-state index in [-0.39, 0.29) is 0 Å². The average molecular weight is 609 g/mol. The van der Waals surface area contributed by atoms with Crippen molar-refractivity contribution in [3.63, 3.8) is 0 Å². The van der Waals surface area contributed by atoms with E-state index in [0.717, 1.165) is 16.9 Å². The number of aromatic nitrogens is 2. The second kappa shape index (κ2) is 9.40. The summed E-state index contributed by atoms with van der Waals surface area (Å²) < 4.78 is 2.40.